The molecule has 0 aromatic heterocycles. The smallest absolute Gasteiger partial charge is 0.331 e. The highest BCUT2D eigenvalue weighted by molar-refractivity contribution is 7.81. The van der Waals surface area contributed by atoms with E-state index in [4.69, 9.17) is 17.9 Å². The molecule has 0 unspecified atom stereocenters. The van der Waals surface area contributed by atoms with Gasteiger partial charge >= 0.3 is 7.48 Å². The average molecular weight is 266 g/mol. The lowest BCUT2D eigenvalue weighted by Gasteiger charge is -2.38. The van der Waals surface area contributed by atoms with Gasteiger partial charge in [-0.3, -0.25) is 0 Å². The molecule has 3 radical (unpaired) electrons. The van der Waals surface area contributed by atoms with Crippen LogP contribution in [0.3, 0.4) is 0 Å². The average Bonchev–Trinajstić information content (AvgIpc) is 2.17. The molecule has 0 aromatic carbocycles. The summed E-state index contributed by atoms with van der Waals surface area (Å²) in [5.74, 6) is 0. The van der Waals surface area contributed by atoms with Crippen molar-refractivity contribution in [2.24, 2.45) is 0 Å². The predicted molar refractivity (Wildman–Crippen MR) is 87.2 cm³/mol. The summed E-state index contributed by atoms with van der Waals surface area (Å²) in [7, 11) is 7.24. The molecule has 0 bridgehead atoms. The molecule has 5 heteroatoms. The van der Waals surface area contributed by atoms with Gasteiger partial charge in [0.2, 0.25) is 0 Å². The van der Waals surface area contributed by atoms with Gasteiger partial charge in [0.1, 0.15) is 7.85 Å². The van der Waals surface area contributed by atoms with Crippen molar-refractivity contribution in [3.63, 3.8) is 0 Å². The van der Waals surface area contributed by atoms with Gasteiger partial charge in [0.05, 0.1) is 5.60 Å². The van der Waals surface area contributed by atoms with Crippen LogP contribution in [0.15, 0.2) is 10.9 Å². The van der Waals surface area contributed by atoms with Crippen LogP contribution < -0.4 is 0 Å². The van der Waals surface area contributed by atoms with Crippen molar-refractivity contribution in [1.29, 1.82) is 5.41 Å². The first-order chi connectivity index (χ1) is 7.99. The van der Waals surface area contributed by atoms with Crippen molar-refractivity contribution in [1.82, 2.24) is 0 Å². The van der Waals surface area contributed by atoms with E-state index in [1.807, 2.05) is 41.5 Å². The highest BCUT2D eigenvalue weighted by atomic mass is 32.1. The first-order valence-corrected chi connectivity index (χ1v) is 6.69. The third-order valence-electron chi connectivity index (χ3n) is 2.77. The fourth-order valence-electron chi connectivity index (χ4n) is 0.828. The minimum absolute atomic E-state index is 0.285. The highest BCUT2D eigenvalue weighted by Gasteiger charge is 2.34. The summed E-state index contributed by atoms with van der Waals surface area (Å²) in [6.45, 7) is 15.3. The van der Waals surface area contributed by atoms with Gasteiger partial charge in [-0.05, 0) is 40.1 Å². The molecule has 2 nitrogen and oxygen atoms in total. The molecule has 0 atom stereocenters. The van der Waals surface area contributed by atoms with Gasteiger partial charge in [-0.2, -0.15) is 12.6 Å². The van der Waals surface area contributed by atoms with E-state index in [1.54, 1.807) is 21.3 Å². The molecule has 0 aliphatic rings. The second kappa shape index (κ2) is 8.11. The Hall–Kier alpha value is -0.150. The Bertz CT molecular complexity index is 303. The third kappa shape index (κ3) is 6.69. The lowest BCUT2D eigenvalue weighted by atomic mass is 9.73. The van der Waals surface area contributed by atoms with Crippen LogP contribution in [0.25, 0.3) is 0 Å². The first-order valence-electron chi connectivity index (χ1n) is 6.24. The van der Waals surface area contributed by atoms with Crippen LogP contribution in [0.1, 0.15) is 55.4 Å². The van der Waals surface area contributed by atoms with Gasteiger partial charge in [0, 0.05) is 10.5 Å². The van der Waals surface area contributed by atoms with Crippen molar-refractivity contribution in [3.8, 4) is 0 Å². The SMILES string of the molecule is CC.[B]/C(C)=C(/[B]OC(C)(C)C(C)(C)S)C(C)=N. The zero-order chi connectivity index (χ0) is 15.1. The molecular formula is C13H26B2NOS. The van der Waals surface area contributed by atoms with Crippen LogP contribution in [-0.4, -0.2) is 31.4 Å². The van der Waals surface area contributed by atoms with E-state index in [9.17, 15) is 0 Å². The lowest BCUT2D eigenvalue weighted by molar-refractivity contribution is 0.0847. The molecule has 0 aliphatic heterocycles. The lowest BCUT2D eigenvalue weighted by Crippen LogP contribution is -2.44. The third-order valence-corrected chi connectivity index (χ3v) is 3.31. The maximum Gasteiger partial charge on any atom is 0.331 e. The zero-order valence-electron chi connectivity index (χ0n) is 13.0. The minimum atomic E-state index is -0.438. The molecule has 0 aromatic rings. The first kappa shape index (κ1) is 20.2. The van der Waals surface area contributed by atoms with Crippen molar-refractivity contribution in [2.75, 3.05) is 0 Å². The number of thiol groups is 1. The maximum atomic E-state index is 7.58. The number of hydrogen-bond donors (Lipinski definition) is 2. The summed E-state index contributed by atoms with van der Waals surface area (Å²) >= 11 is 4.50. The predicted octanol–water partition coefficient (Wildman–Crippen LogP) is 3.58. The van der Waals surface area contributed by atoms with Crippen LogP contribution >= 0.6 is 12.6 Å². The van der Waals surface area contributed by atoms with E-state index in [1.165, 1.54) is 0 Å². The number of allylic oxidation sites excluding steroid dienone is 2. The summed E-state index contributed by atoms with van der Waals surface area (Å²) in [6, 6.07) is 0. The summed E-state index contributed by atoms with van der Waals surface area (Å²) < 4.78 is 5.41. The van der Waals surface area contributed by atoms with E-state index in [0.29, 0.717) is 16.7 Å². The number of hydrogen-bond acceptors (Lipinski definition) is 3. The van der Waals surface area contributed by atoms with Crippen molar-refractivity contribution < 1.29 is 4.65 Å². The van der Waals surface area contributed by atoms with E-state index in [2.05, 4.69) is 12.6 Å². The largest absolute Gasteiger partial charge is 0.428 e. The molecule has 0 rings (SSSR count). The Kier molecular flexibility index (Phi) is 9.09. The Morgan fingerprint density at radius 2 is 1.56 bits per heavy atom. The van der Waals surface area contributed by atoms with E-state index in [-0.39, 0.29) is 4.75 Å². The Balaban J connectivity index is 0. The van der Waals surface area contributed by atoms with Crippen molar-refractivity contribution in [3.05, 3.63) is 10.9 Å². The molecule has 1 N–H and O–H groups in total. The van der Waals surface area contributed by atoms with Gasteiger partial charge in [0.15, 0.2) is 0 Å². The summed E-state index contributed by atoms with van der Waals surface area (Å²) in [5, 5.41) is 7.58. The molecule has 0 saturated heterocycles. The minimum Gasteiger partial charge on any atom is -0.428 e. The van der Waals surface area contributed by atoms with Crippen LogP contribution in [-0.2, 0) is 4.65 Å². The monoisotopic (exact) mass is 266 g/mol. The topological polar surface area (TPSA) is 33.1 Å². The second-order valence-electron chi connectivity index (χ2n) is 5.03. The van der Waals surface area contributed by atoms with Crippen LogP contribution in [0.4, 0.5) is 0 Å². The Morgan fingerprint density at radius 3 is 1.78 bits per heavy atom. The Labute approximate surface area is 121 Å². The van der Waals surface area contributed by atoms with Gasteiger partial charge in [0.25, 0.3) is 0 Å². The van der Waals surface area contributed by atoms with Crippen LogP contribution in [0.2, 0.25) is 0 Å². The van der Waals surface area contributed by atoms with Gasteiger partial charge < -0.3 is 10.1 Å². The molecule has 0 fully saturated rings. The standard InChI is InChI=1S/C11H20B2NOS.C2H6/c1-7(12)9(8(2)14)13-15-10(3,4)11(5,6)16;1-2/h14,16H,1-6H3;1-2H3/b9-7+,14-8?;. The van der Waals surface area contributed by atoms with E-state index < -0.39 is 5.60 Å². The fraction of sp³-hybridized carbons (Fsp3) is 0.769. The number of rotatable bonds is 5. The molecule has 0 amide bonds. The normalized spacial score (nSPS) is 13.2. The van der Waals surface area contributed by atoms with Gasteiger partial charge in [-0.15, -0.1) is 5.47 Å². The van der Waals surface area contributed by atoms with Crippen LogP contribution in [0.5, 0.6) is 0 Å². The molecule has 18 heavy (non-hydrogen) atoms. The van der Waals surface area contributed by atoms with Gasteiger partial charge in [-0.1, -0.05) is 20.8 Å². The second-order valence-corrected chi connectivity index (χ2v) is 6.14. The van der Waals surface area contributed by atoms with Crippen LogP contribution in [0, 0.1) is 5.41 Å². The van der Waals surface area contributed by atoms with E-state index >= 15 is 0 Å². The molecule has 0 spiro atoms. The van der Waals surface area contributed by atoms with Crippen molar-refractivity contribution in [2.45, 2.75) is 65.7 Å². The molecule has 0 aliphatic carbocycles. The summed E-state index contributed by atoms with van der Waals surface area (Å²) in [4.78, 5) is 0. The molecule has 0 heterocycles. The Morgan fingerprint density at radius 1 is 1.17 bits per heavy atom. The van der Waals surface area contributed by atoms with Gasteiger partial charge in [-0.25, -0.2) is 0 Å². The zero-order valence-corrected chi connectivity index (χ0v) is 13.9. The van der Waals surface area contributed by atoms with Crippen molar-refractivity contribution >= 4 is 33.7 Å². The quantitative estimate of drug-likeness (QED) is 0.445. The summed E-state index contributed by atoms with van der Waals surface area (Å²) in [5.41, 5.74) is 1.17. The molecule has 101 valence electrons. The molecule has 0 saturated carbocycles. The fourth-order valence-corrected chi connectivity index (χ4v) is 0.880. The van der Waals surface area contributed by atoms with E-state index in [0.717, 1.165) is 0 Å². The number of nitrogens with one attached hydrogen (secondary N) is 1. The highest BCUT2D eigenvalue weighted by Crippen LogP contribution is 2.31. The maximum absolute atomic E-state index is 7.58. The summed E-state index contributed by atoms with van der Waals surface area (Å²) in [6.07, 6.45) is 0. The molecular weight excluding hydrogens is 240 g/mol.